The van der Waals surface area contributed by atoms with Gasteiger partial charge in [0.05, 0.1) is 54.1 Å². The van der Waals surface area contributed by atoms with Crippen molar-refractivity contribution < 1.29 is 18.6 Å². The zero-order valence-electron chi connectivity index (χ0n) is 20.0. The van der Waals surface area contributed by atoms with Crippen molar-refractivity contribution in [3.05, 3.63) is 58.9 Å². The van der Waals surface area contributed by atoms with Crippen LogP contribution in [0.2, 0.25) is 5.02 Å². The molecule has 2 aliphatic heterocycles. The molecule has 3 aromatic heterocycles. The summed E-state index contributed by atoms with van der Waals surface area (Å²) in [6, 6.07) is 5.38. The third-order valence-electron chi connectivity index (χ3n) is 6.44. The Morgan fingerprint density at radius 1 is 1.33 bits per heavy atom. The van der Waals surface area contributed by atoms with Gasteiger partial charge in [0.25, 0.3) is 0 Å². The summed E-state index contributed by atoms with van der Waals surface area (Å²) in [6.45, 7) is 5.37. The number of rotatable bonds is 9. The van der Waals surface area contributed by atoms with Crippen LogP contribution in [0.4, 0.5) is 4.39 Å². The van der Waals surface area contributed by atoms with Crippen LogP contribution in [-0.2, 0) is 9.47 Å². The van der Waals surface area contributed by atoms with Gasteiger partial charge in [0.2, 0.25) is 0 Å². The maximum absolute atomic E-state index is 13.3. The molecule has 190 valence electrons. The Hall–Kier alpha value is -3.12. The lowest BCUT2D eigenvalue weighted by Gasteiger charge is -2.46. The van der Waals surface area contributed by atoms with Crippen LogP contribution in [0.15, 0.2) is 46.9 Å². The molecular formula is C24H27ClFN7O3. The highest BCUT2D eigenvalue weighted by atomic mass is 35.5. The summed E-state index contributed by atoms with van der Waals surface area (Å²) in [6.07, 6.45) is 3.94. The van der Waals surface area contributed by atoms with Gasteiger partial charge in [0.15, 0.2) is 0 Å². The van der Waals surface area contributed by atoms with Gasteiger partial charge in [-0.3, -0.25) is 14.9 Å². The SMILES string of the molecule is COC(COc1cc(/C(=N/N)C(C)=NC2CN(C3COC3)C2)cn2ncc(Cl)c12)c1ccc(F)cn1. The lowest BCUT2D eigenvalue weighted by molar-refractivity contribution is -0.0891. The maximum Gasteiger partial charge on any atom is 0.147 e. The first kappa shape index (κ1) is 24.6. The number of hydrogen-bond donors (Lipinski definition) is 1. The van der Waals surface area contributed by atoms with Crippen LogP contribution < -0.4 is 10.6 Å². The third kappa shape index (κ3) is 4.92. The molecular weight excluding hydrogens is 489 g/mol. The van der Waals surface area contributed by atoms with Gasteiger partial charge in [-0.15, -0.1) is 0 Å². The second-order valence-corrected chi connectivity index (χ2v) is 9.21. The number of hydrogen-bond acceptors (Lipinski definition) is 9. The molecule has 1 unspecified atom stereocenters. The number of halogens is 2. The maximum atomic E-state index is 13.3. The van der Waals surface area contributed by atoms with Gasteiger partial charge in [-0.2, -0.15) is 10.2 Å². The first-order valence-corrected chi connectivity index (χ1v) is 11.9. The van der Waals surface area contributed by atoms with Crippen molar-refractivity contribution in [2.75, 3.05) is 40.0 Å². The van der Waals surface area contributed by atoms with Gasteiger partial charge in [0, 0.05) is 32.0 Å². The highest BCUT2D eigenvalue weighted by Gasteiger charge is 2.36. The minimum atomic E-state index is -0.524. The lowest BCUT2D eigenvalue weighted by Crippen LogP contribution is -2.61. The number of nitrogens with two attached hydrogens (primary N) is 1. The molecule has 10 nitrogen and oxygen atoms in total. The number of methoxy groups -OCH3 is 1. The molecule has 1 atom stereocenters. The van der Waals surface area contributed by atoms with E-state index in [0.29, 0.717) is 39.3 Å². The summed E-state index contributed by atoms with van der Waals surface area (Å²) in [5.41, 5.74) is 3.06. The normalized spacial score (nSPS) is 18.8. The smallest absolute Gasteiger partial charge is 0.147 e. The standard InChI is InChI=1S/C24H27ClFN7O3/c1-14(30-17-9-32(10-17)18-11-35-12-18)23(31-27)15-5-21(24-19(25)7-29-33(24)8-15)36-13-22(34-2)20-4-3-16(26)6-28-20/h3-8,17-18,22H,9-13,27H2,1-2H3/b30-14?,31-23+. The molecule has 0 aliphatic carbocycles. The molecule has 0 radical (unpaired) electrons. The minimum absolute atomic E-state index is 0.112. The van der Waals surface area contributed by atoms with E-state index in [9.17, 15) is 4.39 Å². The largest absolute Gasteiger partial charge is 0.488 e. The van der Waals surface area contributed by atoms with E-state index < -0.39 is 11.9 Å². The van der Waals surface area contributed by atoms with E-state index in [0.717, 1.165) is 38.2 Å². The molecule has 2 fully saturated rings. The predicted molar refractivity (Wildman–Crippen MR) is 133 cm³/mol. The van der Waals surface area contributed by atoms with Gasteiger partial charge >= 0.3 is 0 Å². The molecule has 0 saturated carbocycles. The van der Waals surface area contributed by atoms with Crippen LogP contribution in [0.3, 0.4) is 0 Å². The van der Waals surface area contributed by atoms with Crippen LogP contribution in [0.1, 0.15) is 24.3 Å². The van der Waals surface area contributed by atoms with Gasteiger partial charge in [0.1, 0.15) is 35.5 Å². The van der Waals surface area contributed by atoms with E-state index in [1.165, 1.54) is 19.4 Å². The molecule has 2 N–H and O–H groups in total. The van der Waals surface area contributed by atoms with Crippen molar-refractivity contribution in [3.8, 4) is 5.75 Å². The van der Waals surface area contributed by atoms with Crippen LogP contribution in [0.5, 0.6) is 5.75 Å². The van der Waals surface area contributed by atoms with E-state index in [2.05, 4.69) is 20.1 Å². The second kappa shape index (κ2) is 10.5. The molecule has 5 rings (SSSR count). The molecule has 0 bridgehead atoms. The molecule has 2 aliphatic rings. The fourth-order valence-electron chi connectivity index (χ4n) is 4.32. The van der Waals surface area contributed by atoms with Crippen LogP contribution >= 0.6 is 11.6 Å². The molecule has 5 heterocycles. The predicted octanol–water partition coefficient (Wildman–Crippen LogP) is 2.50. The Labute approximate surface area is 212 Å². The minimum Gasteiger partial charge on any atom is -0.488 e. The fourth-order valence-corrected chi connectivity index (χ4v) is 4.54. The molecule has 0 aromatic carbocycles. The Kier molecular flexibility index (Phi) is 7.15. The number of likely N-dealkylation sites (tertiary alicyclic amines) is 1. The number of nitrogens with zero attached hydrogens (tertiary/aromatic N) is 6. The van der Waals surface area contributed by atoms with Crippen molar-refractivity contribution in [1.29, 1.82) is 0 Å². The first-order chi connectivity index (χ1) is 17.5. The third-order valence-corrected chi connectivity index (χ3v) is 6.71. The lowest BCUT2D eigenvalue weighted by atomic mass is 10.0. The topological polar surface area (TPSA) is 112 Å². The molecule has 3 aromatic rings. The van der Waals surface area contributed by atoms with E-state index in [1.54, 1.807) is 22.8 Å². The highest BCUT2D eigenvalue weighted by molar-refractivity contribution is 6.47. The zero-order chi connectivity index (χ0) is 25.2. The number of pyridine rings is 2. The number of aliphatic imine (C=N–C) groups is 1. The van der Waals surface area contributed by atoms with Crippen LogP contribution in [-0.4, -0.2) is 83.0 Å². The van der Waals surface area contributed by atoms with Crippen molar-refractivity contribution in [1.82, 2.24) is 19.5 Å². The monoisotopic (exact) mass is 515 g/mol. The number of fused-ring (bicyclic) bond motifs is 1. The van der Waals surface area contributed by atoms with Crippen molar-refractivity contribution in [2.24, 2.45) is 15.9 Å². The van der Waals surface area contributed by atoms with Crippen molar-refractivity contribution in [2.45, 2.75) is 25.1 Å². The van der Waals surface area contributed by atoms with Gasteiger partial charge < -0.3 is 20.1 Å². The quantitative estimate of drug-likeness (QED) is 0.265. The molecule has 0 amide bonds. The van der Waals surface area contributed by atoms with E-state index in [4.69, 9.17) is 36.6 Å². The van der Waals surface area contributed by atoms with Crippen LogP contribution in [0.25, 0.3) is 5.52 Å². The van der Waals surface area contributed by atoms with Crippen molar-refractivity contribution in [3.63, 3.8) is 0 Å². The Balaban J connectivity index is 1.37. The summed E-state index contributed by atoms with van der Waals surface area (Å²) in [7, 11) is 1.54. The van der Waals surface area contributed by atoms with Crippen molar-refractivity contribution >= 4 is 28.5 Å². The number of ether oxygens (including phenoxy) is 3. The summed E-state index contributed by atoms with van der Waals surface area (Å²) in [4.78, 5) is 11.3. The number of aromatic nitrogens is 3. The number of hydrazone groups is 1. The van der Waals surface area contributed by atoms with E-state index in [-0.39, 0.29) is 12.6 Å². The summed E-state index contributed by atoms with van der Waals surface area (Å²) < 4.78 is 31.8. The second-order valence-electron chi connectivity index (χ2n) is 8.81. The van der Waals surface area contributed by atoms with Crippen LogP contribution in [0, 0.1) is 5.82 Å². The summed E-state index contributed by atoms with van der Waals surface area (Å²) in [5, 5.41) is 8.78. The molecule has 12 heteroatoms. The van der Waals surface area contributed by atoms with Gasteiger partial charge in [-0.25, -0.2) is 8.91 Å². The van der Waals surface area contributed by atoms with E-state index >= 15 is 0 Å². The Morgan fingerprint density at radius 2 is 2.14 bits per heavy atom. The highest BCUT2D eigenvalue weighted by Crippen LogP contribution is 2.30. The summed E-state index contributed by atoms with van der Waals surface area (Å²) in [5.74, 6) is 5.84. The fraction of sp³-hybridized carbons (Fsp3) is 0.417. The molecule has 2 saturated heterocycles. The first-order valence-electron chi connectivity index (χ1n) is 11.6. The summed E-state index contributed by atoms with van der Waals surface area (Å²) >= 11 is 6.40. The zero-order valence-corrected chi connectivity index (χ0v) is 20.7. The Bertz CT molecular complexity index is 1290. The van der Waals surface area contributed by atoms with Gasteiger partial charge in [-0.1, -0.05) is 11.6 Å². The average Bonchev–Trinajstić information content (AvgIpc) is 3.19. The van der Waals surface area contributed by atoms with Gasteiger partial charge in [-0.05, 0) is 25.1 Å². The molecule has 36 heavy (non-hydrogen) atoms. The van der Waals surface area contributed by atoms with E-state index in [1.807, 2.05) is 6.92 Å². The molecule has 0 spiro atoms. The average molecular weight is 516 g/mol. The Morgan fingerprint density at radius 3 is 2.78 bits per heavy atom.